The van der Waals surface area contributed by atoms with Crippen molar-refractivity contribution in [2.45, 2.75) is 45.3 Å². The van der Waals surface area contributed by atoms with Crippen molar-refractivity contribution in [2.75, 3.05) is 6.61 Å². The second-order valence-corrected chi connectivity index (χ2v) is 9.52. The first-order valence-electron chi connectivity index (χ1n) is 11.5. The molecule has 3 aromatic carbocycles. The largest absolute Gasteiger partial charge is 0.484 e. The fraction of sp³-hybridized carbons (Fsp3) is 0.286. The second kappa shape index (κ2) is 13.1. The van der Waals surface area contributed by atoms with Crippen LogP contribution in [-0.4, -0.2) is 35.4 Å². The Kier molecular flexibility index (Phi) is 9.94. The van der Waals surface area contributed by atoms with E-state index in [9.17, 15) is 9.59 Å². The van der Waals surface area contributed by atoms with Crippen molar-refractivity contribution in [2.24, 2.45) is 0 Å². The van der Waals surface area contributed by atoms with Crippen LogP contribution in [0.25, 0.3) is 0 Å². The quantitative estimate of drug-likeness (QED) is 0.322. The van der Waals surface area contributed by atoms with E-state index in [-0.39, 0.29) is 24.5 Å². The Balaban J connectivity index is 1.88. The number of amides is 2. The van der Waals surface area contributed by atoms with Crippen LogP contribution in [-0.2, 0) is 22.6 Å². The standard InChI is InChI=1S/C28H31IN2O3/c1-3-21(2)30-28(33)26(18-22-10-6-4-7-11-22)31(19-23-12-8-5-9-13-23)27(32)20-34-25-16-14-24(29)15-17-25/h4-17,21,26H,3,18-20H2,1-2H3,(H,30,33)/t21-,26+/m0/s1. The van der Waals surface area contributed by atoms with Crippen molar-refractivity contribution in [3.63, 3.8) is 0 Å². The van der Waals surface area contributed by atoms with Crippen LogP contribution in [0.3, 0.4) is 0 Å². The van der Waals surface area contributed by atoms with E-state index in [2.05, 4.69) is 27.9 Å². The van der Waals surface area contributed by atoms with Crippen LogP contribution in [0.2, 0.25) is 0 Å². The van der Waals surface area contributed by atoms with Crippen LogP contribution in [0.5, 0.6) is 5.75 Å². The molecule has 0 unspecified atom stereocenters. The number of hydrogen-bond acceptors (Lipinski definition) is 3. The number of carbonyl (C=O) groups excluding carboxylic acids is 2. The molecule has 0 aromatic heterocycles. The van der Waals surface area contributed by atoms with Crippen molar-refractivity contribution >= 4 is 34.4 Å². The summed E-state index contributed by atoms with van der Waals surface area (Å²) in [6.45, 7) is 4.18. The van der Waals surface area contributed by atoms with Gasteiger partial charge in [-0.1, -0.05) is 67.6 Å². The van der Waals surface area contributed by atoms with Gasteiger partial charge in [-0.3, -0.25) is 9.59 Å². The van der Waals surface area contributed by atoms with E-state index in [1.54, 1.807) is 4.90 Å². The van der Waals surface area contributed by atoms with Gasteiger partial charge in [-0.15, -0.1) is 0 Å². The van der Waals surface area contributed by atoms with Gasteiger partial charge in [0.05, 0.1) is 0 Å². The lowest BCUT2D eigenvalue weighted by molar-refractivity contribution is -0.143. The molecule has 6 heteroatoms. The van der Waals surface area contributed by atoms with E-state index in [4.69, 9.17) is 4.74 Å². The molecule has 0 saturated carbocycles. The lowest BCUT2D eigenvalue weighted by Crippen LogP contribution is -2.53. The zero-order valence-electron chi connectivity index (χ0n) is 19.6. The normalized spacial score (nSPS) is 12.4. The molecule has 0 fully saturated rings. The molecule has 0 aliphatic carbocycles. The number of carbonyl (C=O) groups is 2. The van der Waals surface area contributed by atoms with Gasteiger partial charge in [-0.05, 0) is 71.3 Å². The van der Waals surface area contributed by atoms with Crippen LogP contribution in [0.1, 0.15) is 31.4 Å². The number of nitrogens with one attached hydrogen (secondary N) is 1. The van der Waals surface area contributed by atoms with Gasteiger partial charge in [0.1, 0.15) is 11.8 Å². The third-order valence-electron chi connectivity index (χ3n) is 5.64. The van der Waals surface area contributed by atoms with Crippen molar-refractivity contribution in [1.29, 1.82) is 0 Å². The van der Waals surface area contributed by atoms with Crippen molar-refractivity contribution in [3.05, 3.63) is 99.6 Å². The van der Waals surface area contributed by atoms with Gasteiger partial charge in [0.25, 0.3) is 5.91 Å². The maximum atomic E-state index is 13.5. The Bertz CT molecular complexity index is 1040. The minimum absolute atomic E-state index is 0.0162. The minimum atomic E-state index is -0.663. The van der Waals surface area contributed by atoms with Gasteiger partial charge in [0.2, 0.25) is 5.91 Å². The summed E-state index contributed by atoms with van der Waals surface area (Å²) in [5.41, 5.74) is 1.95. The molecule has 0 radical (unpaired) electrons. The van der Waals surface area contributed by atoms with Gasteiger partial charge in [-0.2, -0.15) is 0 Å². The number of hydrogen-bond donors (Lipinski definition) is 1. The lowest BCUT2D eigenvalue weighted by atomic mass is 10.0. The predicted octanol–water partition coefficient (Wildman–Crippen LogP) is 5.22. The minimum Gasteiger partial charge on any atom is -0.484 e. The average molecular weight is 570 g/mol. The molecule has 0 spiro atoms. The molecule has 1 N–H and O–H groups in total. The molecule has 34 heavy (non-hydrogen) atoms. The molecule has 0 aliphatic rings. The molecule has 2 atom stereocenters. The fourth-order valence-corrected chi connectivity index (χ4v) is 3.89. The maximum Gasteiger partial charge on any atom is 0.261 e. The van der Waals surface area contributed by atoms with Crippen LogP contribution in [0.15, 0.2) is 84.9 Å². The first-order valence-corrected chi connectivity index (χ1v) is 12.6. The first-order chi connectivity index (χ1) is 16.5. The summed E-state index contributed by atoms with van der Waals surface area (Å²) in [4.78, 5) is 28.6. The molecule has 0 aliphatic heterocycles. The van der Waals surface area contributed by atoms with E-state index < -0.39 is 6.04 Å². The number of nitrogens with zero attached hydrogens (tertiary/aromatic N) is 1. The van der Waals surface area contributed by atoms with Crippen molar-refractivity contribution in [3.8, 4) is 5.75 Å². The molecule has 3 rings (SSSR count). The molecular weight excluding hydrogens is 539 g/mol. The van der Waals surface area contributed by atoms with E-state index in [1.165, 1.54) is 0 Å². The Morgan fingerprint density at radius 1 is 0.912 bits per heavy atom. The SMILES string of the molecule is CC[C@H](C)NC(=O)[C@@H](Cc1ccccc1)N(Cc1ccccc1)C(=O)COc1ccc(I)cc1. The van der Waals surface area contributed by atoms with Crippen LogP contribution < -0.4 is 10.1 Å². The zero-order valence-corrected chi connectivity index (χ0v) is 21.8. The van der Waals surface area contributed by atoms with E-state index in [0.717, 1.165) is 21.1 Å². The van der Waals surface area contributed by atoms with Gasteiger partial charge in [0, 0.05) is 22.6 Å². The summed E-state index contributed by atoms with van der Waals surface area (Å²) in [5, 5.41) is 3.08. The molecule has 3 aromatic rings. The smallest absolute Gasteiger partial charge is 0.261 e. The molecule has 0 heterocycles. The predicted molar refractivity (Wildman–Crippen MR) is 143 cm³/mol. The Morgan fingerprint density at radius 3 is 2.09 bits per heavy atom. The van der Waals surface area contributed by atoms with E-state index in [1.807, 2.05) is 98.8 Å². The summed E-state index contributed by atoms with van der Waals surface area (Å²) in [5.74, 6) is 0.233. The number of halogens is 1. The van der Waals surface area contributed by atoms with Gasteiger partial charge in [0.15, 0.2) is 6.61 Å². The summed E-state index contributed by atoms with van der Waals surface area (Å²) in [7, 11) is 0. The lowest BCUT2D eigenvalue weighted by Gasteiger charge is -2.32. The highest BCUT2D eigenvalue weighted by molar-refractivity contribution is 14.1. The van der Waals surface area contributed by atoms with Crippen molar-refractivity contribution in [1.82, 2.24) is 10.2 Å². The van der Waals surface area contributed by atoms with Crippen LogP contribution in [0, 0.1) is 3.57 Å². The van der Waals surface area contributed by atoms with Gasteiger partial charge >= 0.3 is 0 Å². The second-order valence-electron chi connectivity index (χ2n) is 8.27. The highest BCUT2D eigenvalue weighted by atomic mass is 127. The topological polar surface area (TPSA) is 58.6 Å². The highest BCUT2D eigenvalue weighted by Crippen LogP contribution is 2.17. The van der Waals surface area contributed by atoms with Gasteiger partial charge in [-0.25, -0.2) is 0 Å². The average Bonchev–Trinajstić information content (AvgIpc) is 2.86. The third-order valence-corrected chi connectivity index (χ3v) is 6.36. The Morgan fingerprint density at radius 2 is 1.50 bits per heavy atom. The summed E-state index contributed by atoms with van der Waals surface area (Å²) in [6.07, 6.45) is 1.23. The molecule has 2 amide bonds. The molecule has 0 saturated heterocycles. The zero-order chi connectivity index (χ0) is 24.3. The van der Waals surface area contributed by atoms with Gasteiger partial charge < -0.3 is 15.0 Å². The van der Waals surface area contributed by atoms with E-state index >= 15 is 0 Å². The molecule has 178 valence electrons. The Labute approximate surface area is 215 Å². The van der Waals surface area contributed by atoms with Crippen LogP contribution >= 0.6 is 22.6 Å². The molecule has 5 nitrogen and oxygen atoms in total. The number of rotatable bonds is 11. The van der Waals surface area contributed by atoms with Crippen molar-refractivity contribution < 1.29 is 14.3 Å². The highest BCUT2D eigenvalue weighted by Gasteiger charge is 2.31. The summed E-state index contributed by atoms with van der Waals surface area (Å²) in [6, 6.07) is 26.4. The van der Waals surface area contributed by atoms with E-state index in [0.29, 0.717) is 18.7 Å². The monoisotopic (exact) mass is 570 g/mol. The first kappa shape index (κ1) is 25.7. The van der Waals surface area contributed by atoms with Crippen LogP contribution in [0.4, 0.5) is 0 Å². The number of benzene rings is 3. The third kappa shape index (κ3) is 7.87. The fourth-order valence-electron chi connectivity index (χ4n) is 3.53. The number of ether oxygens (including phenoxy) is 1. The maximum absolute atomic E-state index is 13.5. The summed E-state index contributed by atoms with van der Waals surface area (Å²) < 4.78 is 6.89. The molecule has 0 bridgehead atoms. The summed E-state index contributed by atoms with van der Waals surface area (Å²) >= 11 is 2.22. The Hall–Kier alpha value is -2.87. The molecular formula is C28H31IN2O3.